The van der Waals surface area contributed by atoms with Crippen LogP contribution in [0.2, 0.25) is 0 Å². The zero-order chi connectivity index (χ0) is 30.8. The van der Waals surface area contributed by atoms with Gasteiger partial charge >= 0.3 is 6.18 Å². The lowest BCUT2D eigenvalue weighted by Gasteiger charge is -2.33. The second kappa shape index (κ2) is 20.0. The number of aliphatic imine (C=N–C) groups is 1. The molecule has 1 aliphatic rings. The van der Waals surface area contributed by atoms with Crippen molar-refractivity contribution >= 4 is 6.21 Å². The van der Waals surface area contributed by atoms with Crippen LogP contribution in [0.3, 0.4) is 0 Å². The smallest absolute Gasteiger partial charge is 0.262 e. The van der Waals surface area contributed by atoms with Crippen LogP contribution in [0.1, 0.15) is 118 Å². The minimum atomic E-state index is -4.95. The average molecular weight is 560 g/mol. The Morgan fingerprint density at radius 1 is 1.00 bits per heavy atom. The molecule has 1 saturated carbocycles. The molecule has 6 heteroatoms. The first kappa shape index (κ1) is 39.2. The van der Waals surface area contributed by atoms with Crippen LogP contribution < -0.4 is 0 Å². The zero-order valence-electron chi connectivity index (χ0n) is 25.9. The van der Waals surface area contributed by atoms with Crippen LogP contribution in [0.25, 0.3) is 0 Å². The highest BCUT2D eigenvalue weighted by Gasteiger charge is 2.53. The fourth-order valence-corrected chi connectivity index (χ4v) is 4.67. The topological polar surface area (TPSA) is 12.4 Å². The zero-order valence-corrected chi connectivity index (χ0v) is 25.9. The maximum Gasteiger partial charge on any atom is 0.401 e. The van der Waals surface area contributed by atoms with Gasteiger partial charge < -0.3 is 0 Å². The number of allylic oxidation sites excluding steroid dienone is 1. The van der Waals surface area contributed by atoms with Gasteiger partial charge in [-0.2, -0.15) is 13.2 Å². The van der Waals surface area contributed by atoms with Gasteiger partial charge in [0.1, 0.15) is 5.92 Å². The van der Waals surface area contributed by atoms with E-state index in [1.54, 1.807) is 13.0 Å². The van der Waals surface area contributed by atoms with Crippen LogP contribution in [0.4, 0.5) is 22.0 Å². The number of aryl methyl sites for hydroxylation is 1. The summed E-state index contributed by atoms with van der Waals surface area (Å²) in [4.78, 5) is 4.02. The number of alkyl halides is 5. The standard InChI is InChI=1S/C12H13F5.C11H22.C8H13N.C2H6/c1-3-8-5-4-6-9(7-8)10(11(2,13)14)12(15,16)17;1-4-10-7-6-9(3)8-11(10)5-2;1-5-6-9-8(4)7(2)3;1-2/h4-7,10H,3H2,1-2H3;9-11H,4-8H2,1-3H3;6H,2,4-5H2,1,3H3;1-2H3/t;9?,10-,11+;;/m.0../s1. The Bertz CT molecular complexity index is 821. The molecular formula is C33H54F5N. The van der Waals surface area contributed by atoms with E-state index in [-0.39, 0.29) is 5.56 Å². The molecule has 1 nitrogen and oxygen atoms in total. The third-order valence-electron chi connectivity index (χ3n) is 6.90. The summed E-state index contributed by atoms with van der Waals surface area (Å²) in [6.07, 6.45) is 5.62. The van der Waals surface area contributed by atoms with Gasteiger partial charge in [-0.25, -0.2) is 8.78 Å². The molecule has 0 N–H and O–H groups in total. The van der Waals surface area contributed by atoms with Crippen LogP contribution in [-0.2, 0) is 6.42 Å². The third kappa shape index (κ3) is 16.0. The van der Waals surface area contributed by atoms with Gasteiger partial charge in [0.15, 0.2) is 0 Å². The van der Waals surface area contributed by atoms with Gasteiger partial charge in [-0.05, 0) is 67.1 Å². The summed E-state index contributed by atoms with van der Waals surface area (Å²) in [5.74, 6) is -3.48. The molecule has 0 spiro atoms. The second-order valence-electron chi connectivity index (χ2n) is 10.2. The van der Waals surface area contributed by atoms with Crippen LogP contribution >= 0.6 is 0 Å². The average Bonchev–Trinajstić information content (AvgIpc) is 2.87. The van der Waals surface area contributed by atoms with Gasteiger partial charge in [-0.1, -0.05) is 105 Å². The molecule has 1 aromatic carbocycles. The van der Waals surface area contributed by atoms with Crippen LogP contribution in [0.5, 0.6) is 0 Å². The number of hydrogen-bond donors (Lipinski definition) is 0. The quantitative estimate of drug-likeness (QED) is 0.171. The normalized spacial score (nSPS) is 19.9. The van der Waals surface area contributed by atoms with Crippen molar-refractivity contribution in [2.75, 3.05) is 0 Å². The van der Waals surface area contributed by atoms with Crippen molar-refractivity contribution in [2.45, 2.75) is 125 Å². The van der Waals surface area contributed by atoms with E-state index in [0.717, 1.165) is 41.5 Å². The minimum absolute atomic E-state index is 0.295. The van der Waals surface area contributed by atoms with Gasteiger partial charge in [0, 0.05) is 13.1 Å². The fraction of sp³-hybridized carbons (Fsp3) is 0.667. The van der Waals surface area contributed by atoms with Crippen molar-refractivity contribution in [1.82, 2.24) is 0 Å². The van der Waals surface area contributed by atoms with Crippen LogP contribution in [0, 0.1) is 17.8 Å². The van der Waals surface area contributed by atoms with E-state index in [1.807, 2.05) is 33.9 Å². The van der Waals surface area contributed by atoms with E-state index in [1.165, 1.54) is 44.2 Å². The van der Waals surface area contributed by atoms with E-state index >= 15 is 0 Å². The molecule has 0 aliphatic heterocycles. The molecule has 226 valence electrons. The highest BCUT2D eigenvalue weighted by molar-refractivity contribution is 5.59. The lowest BCUT2D eigenvalue weighted by atomic mass is 9.72. The number of hydrogen-bond acceptors (Lipinski definition) is 1. The van der Waals surface area contributed by atoms with Crippen molar-refractivity contribution in [3.63, 3.8) is 0 Å². The Hall–Kier alpha value is -1.98. The molecule has 1 aromatic rings. The highest BCUT2D eigenvalue weighted by Crippen LogP contribution is 2.45. The van der Waals surface area contributed by atoms with E-state index in [4.69, 9.17) is 0 Å². The molecule has 1 aliphatic carbocycles. The van der Waals surface area contributed by atoms with Crippen molar-refractivity contribution in [3.8, 4) is 0 Å². The predicted octanol–water partition coefficient (Wildman–Crippen LogP) is 12.0. The summed E-state index contributed by atoms with van der Waals surface area (Å²) < 4.78 is 64.1. The lowest BCUT2D eigenvalue weighted by molar-refractivity contribution is -0.203. The lowest BCUT2D eigenvalue weighted by Crippen LogP contribution is -2.35. The molecule has 2 unspecified atom stereocenters. The molecule has 2 rings (SSSR count). The Labute approximate surface area is 236 Å². The van der Waals surface area contributed by atoms with E-state index in [2.05, 4.69) is 38.9 Å². The molecule has 0 radical (unpaired) electrons. The van der Waals surface area contributed by atoms with E-state index in [9.17, 15) is 22.0 Å². The largest absolute Gasteiger partial charge is 0.401 e. The number of nitrogens with zero attached hydrogens (tertiary/aromatic N) is 1. The summed E-state index contributed by atoms with van der Waals surface area (Å²) in [6, 6.07) is 5.27. The number of benzene rings is 1. The molecular weight excluding hydrogens is 505 g/mol. The van der Waals surface area contributed by atoms with Gasteiger partial charge in [-0.15, -0.1) is 0 Å². The molecule has 0 aromatic heterocycles. The highest BCUT2D eigenvalue weighted by atomic mass is 19.4. The van der Waals surface area contributed by atoms with Crippen molar-refractivity contribution < 1.29 is 22.0 Å². The number of rotatable bonds is 8. The van der Waals surface area contributed by atoms with Gasteiger partial charge in [-0.3, -0.25) is 4.99 Å². The second-order valence-corrected chi connectivity index (χ2v) is 10.2. The summed E-state index contributed by atoms with van der Waals surface area (Å²) in [7, 11) is 0. The monoisotopic (exact) mass is 559 g/mol. The van der Waals surface area contributed by atoms with Gasteiger partial charge in [0.2, 0.25) is 0 Å². The Balaban J connectivity index is 0. The van der Waals surface area contributed by atoms with Crippen molar-refractivity contribution in [2.24, 2.45) is 22.7 Å². The predicted molar refractivity (Wildman–Crippen MR) is 160 cm³/mol. The molecule has 0 bridgehead atoms. The summed E-state index contributed by atoms with van der Waals surface area (Å²) >= 11 is 0. The maximum atomic E-state index is 13.1. The molecule has 0 saturated heterocycles. The first-order valence-electron chi connectivity index (χ1n) is 14.5. The van der Waals surface area contributed by atoms with Crippen LogP contribution in [0.15, 0.2) is 53.7 Å². The van der Waals surface area contributed by atoms with E-state index < -0.39 is 18.0 Å². The van der Waals surface area contributed by atoms with Crippen LogP contribution in [-0.4, -0.2) is 18.3 Å². The van der Waals surface area contributed by atoms with Gasteiger partial charge in [0.25, 0.3) is 5.92 Å². The summed E-state index contributed by atoms with van der Waals surface area (Å²) in [6.45, 7) is 24.5. The number of halogens is 5. The minimum Gasteiger partial charge on any atom is -0.262 e. The Morgan fingerprint density at radius 2 is 1.56 bits per heavy atom. The first-order chi connectivity index (χ1) is 18.1. The van der Waals surface area contributed by atoms with Crippen molar-refractivity contribution in [1.29, 1.82) is 0 Å². The first-order valence-corrected chi connectivity index (χ1v) is 14.5. The van der Waals surface area contributed by atoms with Gasteiger partial charge in [0.05, 0.1) is 5.70 Å². The molecule has 4 atom stereocenters. The molecule has 0 heterocycles. The molecule has 0 amide bonds. The van der Waals surface area contributed by atoms with E-state index in [0.29, 0.717) is 18.9 Å². The summed E-state index contributed by atoms with van der Waals surface area (Å²) in [5, 5.41) is 0. The Morgan fingerprint density at radius 3 is 1.97 bits per heavy atom. The molecule has 1 fully saturated rings. The molecule has 39 heavy (non-hydrogen) atoms. The third-order valence-corrected chi connectivity index (χ3v) is 6.90. The summed E-state index contributed by atoms with van der Waals surface area (Å²) in [5.41, 5.74) is 1.93. The maximum absolute atomic E-state index is 13.1. The SMILES string of the molecule is C=C(C)C(=C)N=CCC.CC.CC[C@@H]1CC(C)CC[C@@H]1CC.CCc1cccc(C(C(C)(F)F)C(F)(F)F)c1. The van der Waals surface area contributed by atoms with Crippen molar-refractivity contribution in [3.05, 3.63) is 59.8 Å². The fourth-order valence-electron chi connectivity index (χ4n) is 4.67. The Kier molecular flexibility index (Phi) is 20.1.